The van der Waals surface area contributed by atoms with Crippen molar-refractivity contribution >= 4 is 27.2 Å². The van der Waals surface area contributed by atoms with Gasteiger partial charge in [0.15, 0.2) is 0 Å². The molecular formula is C21H25ClN2O2S. The first-order valence-electron chi connectivity index (χ1n) is 9.08. The monoisotopic (exact) mass is 404 g/mol. The molecule has 0 N–H and O–H groups in total. The van der Waals surface area contributed by atoms with Gasteiger partial charge in [0.1, 0.15) is 0 Å². The van der Waals surface area contributed by atoms with Crippen LogP contribution in [0.5, 0.6) is 0 Å². The number of hydrogen-bond donors (Lipinski definition) is 0. The molecule has 0 saturated carbocycles. The zero-order valence-corrected chi connectivity index (χ0v) is 17.3. The van der Waals surface area contributed by atoms with Gasteiger partial charge in [-0.3, -0.25) is 4.98 Å². The number of halogens is 1. The Morgan fingerprint density at radius 1 is 1.26 bits per heavy atom. The first kappa shape index (κ1) is 20.1. The minimum absolute atomic E-state index is 0.0804. The second-order valence-corrected chi connectivity index (χ2v) is 9.66. The molecule has 2 heterocycles. The first-order valence-corrected chi connectivity index (χ1v) is 11.3. The fraction of sp³-hybridized carbons (Fsp3) is 0.381. The topological polar surface area (TPSA) is 50.3 Å². The lowest BCUT2D eigenvalue weighted by atomic mass is 9.76. The number of benzene rings is 1. The van der Waals surface area contributed by atoms with Gasteiger partial charge in [0.25, 0.3) is 0 Å². The lowest BCUT2D eigenvalue weighted by Crippen LogP contribution is -2.39. The summed E-state index contributed by atoms with van der Waals surface area (Å²) in [5.74, 6) is 0.383. The molecule has 144 valence electrons. The third kappa shape index (κ3) is 4.60. The normalized spacial score (nSPS) is 17.6. The summed E-state index contributed by atoms with van der Waals surface area (Å²) < 4.78 is 25.3. The van der Waals surface area contributed by atoms with E-state index in [2.05, 4.69) is 17.6 Å². The highest BCUT2D eigenvalue weighted by molar-refractivity contribution is 7.88. The molecule has 1 aromatic carbocycles. The van der Waals surface area contributed by atoms with E-state index < -0.39 is 10.0 Å². The Labute approximate surface area is 166 Å². The number of pyridine rings is 1. The van der Waals surface area contributed by atoms with Crippen molar-refractivity contribution in [3.05, 3.63) is 71.0 Å². The fourth-order valence-corrected chi connectivity index (χ4v) is 4.97. The SMILES string of the molecule is C=C(C)c1cc(Cl)ccc1C(c1ccccn1)C1CCN(S(C)(=O)=O)CC1. The molecule has 1 atom stereocenters. The molecule has 1 fully saturated rings. The summed E-state index contributed by atoms with van der Waals surface area (Å²) in [5.41, 5.74) is 4.16. The van der Waals surface area contributed by atoms with Crippen LogP contribution >= 0.6 is 11.6 Å². The van der Waals surface area contributed by atoms with Crippen molar-refractivity contribution in [3.63, 3.8) is 0 Å². The van der Waals surface area contributed by atoms with Gasteiger partial charge < -0.3 is 0 Å². The van der Waals surface area contributed by atoms with Gasteiger partial charge in [0, 0.05) is 35.9 Å². The predicted molar refractivity (Wildman–Crippen MR) is 111 cm³/mol. The Kier molecular flexibility index (Phi) is 6.04. The quantitative estimate of drug-likeness (QED) is 0.733. The van der Waals surface area contributed by atoms with E-state index in [9.17, 15) is 8.42 Å². The van der Waals surface area contributed by atoms with Crippen LogP contribution in [0.15, 0.2) is 49.2 Å². The van der Waals surface area contributed by atoms with Crippen LogP contribution in [0.1, 0.15) is 42.5 Å². The van der Waals surface area contributed by atoms with E-state index in [-0.39, 0.29) is 5.92 Å². The largest absolute Gasteiger partial charge is 0.261 e. The van der Waals surface area contributed by atoms with Crippen LogP contribution in [0.4, 0.5) is 0 Å². The van der Waals surface area contributed by atoms with Crippen LogP contribution in [0, 0.1) is 5.92 Å². The lowest BCUT2D eigenvalue weighted by Gasteiger charge is -2.35. The average molecular weight is 405 g/mol. The van der Waals surface area contributed by atoms with Crippen molar-refractivity contribution in [2.45, 2.75) is 25.7 Å². The maximum Gasteiger partial charge on any atom is 0.211 e. The molecule has 3 rings (SSSR count). The van der Waals surface area contributed by atoms with E-state index in [1.165, 1.54) is 6.26 Å². The minimum atomic E-state index is -3.15. The van der Waals surface area contributed by atoms with E-state index in [1.54, 1.807) is 4.31 Å². The Bertz CT molecular complexity index is 920. The molecule has 0 aliphatic carbocycles. The summed E-state index contributed by atoms with van der Waals surface area (Å²) in [6.07, 6.45) is 4.69. The summed E-state index contributed by atoms with van der Waals surface area (Å²) in [4.78, 5) is 4.63. The molecule has 0 amide bonds. The maximum atomic E-state index is 11.9. The van der Waals surface area contributed by atoms with Gasteiger partial charge in [0.2, 0.25) is 10.0 Å². The van der Waals surface area contributed by atoms with E-state index in [1.807, 2.05) is 43.5 Å². The first-order chi connectivity index (χ1) is 12.8. The van der Waals surface area contributed by atoms with Gasteiger partial charge in [-0.2, -0.15) is 0 Å². The number of sulfonamides is 1. The molecule has 6 heteroatoms. The molecule has 1 saturated heterocycles. The van der Waals surface area contributed by atoms with Gasteiger partial charge in [-0.15, -0.1) is 0 Å². The highest BCUT2D eigenvalue weighted by atomic mass is 35.5. The second kappa shape index (κ2) is 8.13. The number of allylic oxidation sites excluding steroid dienone is 1. The maximum absolute atomic E-state index is 11.9. The predicted octanol–water partition coefficient (Wildman–Crippen LogP) is 4.57. The molecule has 1 aliphatic heterocycles. The Balaban J connectivity index is 2.01. The number of piperidine rings is 1. The van der Waals surface area contributed by atoms with Gasteiger partial charge in [-0.25, -0.2) is 12.7 Å². The molecule has 0 radical (unpaired) electrons. The van der Waals surface area contributed by atoms with Gasteiger partial charge in [-0.1, -0.05) is 35.9 Å². The zero-order valence-electron chi connectivity index (χ0n) is 15.7. The van der Waals surface area contributed by atoms with E-state index in [4.69, 9.17) is 11.6 Å². The van der Waals surface area contributed by atoms with Crippen molar-refractivity contribution in [1.29, 1.82) is 0 Å². The summed E-state index contributed by atoms with van der Waals surface area (Å²) in [6.45, 7) is 7.20. The summed E-state index contributed by atoms with van der Waals surface area (Å²) >= 11 is 6.24. The number of aromatic nitrogens is 1. The van der Waals surface area contributed by atoms with Crippen molar-refractivity contribution in [3.8, 4) is 0 Å². The fourth-order valence-electron chi connectivity index (χ4n) is 3.92. The lowest BCUT2D eigenvalue weighted by molar-refractivity contribution is 0.256. The zero-order chi connectivity index (χ0) is 19.6. The molecule has 2 aromatic rings. The molecule has 1 unspecified atom stereocenters. The smallest absolute Gasteiger partial charge is 0.211 e. The minimum Gasteiger partial charge on any atom is -0.261 e. The van der Waals surface area contributed by atoms with Crippen LogP contribution in [0.2, 0.25) is 5.02 Å². The van der Waals surface area contributed by atoms with Crippen LogP contribution in [0.25, 0.3) is 5.57 Å². The molecule has 1 aliphatic rings. The Morgan fingerprint density at radius 2 is 1.96 bits per heavy atom. The average Bonchev–Trinajstić information content (AvgIpc) is 2.63. The molecule has 0 spiro atoms. The summed E-state index contributed by atoms with van der Waals surface area (Å²) in [7, 11) is -3.15. The van der Waals surface area contributed by atoms with Crippen molar-refractivity contribution in [1.82, 2.24) is 9.29 Å². The van der Waals surface area contributed by atoms with Gasteiger partial charge in [0.05, 0.1) is 6.26 Å². The highest BCUT2D eigenvalue weighted by Gasteiger charge is 2.33. The second-order valence-electron chi connectivity index (χ2n) is 7.24. The Hall–Kier alpha value is -1.69. The number of hydrogen-bond acceptors (Lipinski definition) is 3. The standard InChI is InChI=1S/C21H25ClN2O2S/c1-15(2)19-14-17(22)7-8-18(19)21(20-6-4-5-11-23-20)16-9-12-24(13-10-16)27(3,25)26/h4-8,11,14,16,21H,1,9-10,12-13H2,2-3H3. The van der Waals surface area contributed by atoms with Crippen LogP contribution in [-0.2, 0) is 10.0 Å². The molecule has 0 bridgehead atoms. The van der Waals surface area contributed by atoms with Crippen molar-refractivity contribution < 1.29 is 8.42 Å². The Morgan fingerprint density at radius 3 is 2.52 bits per heavy atom. The van der Waals surface area contributed by atoms with E-state index in [0.29, 0.717) is 24.0 Å². The van der Waals surface area contributed by atoms with Crippen molar-refractivity contribution in [2.75, 3.05) is 19.3 Å². The van der Waals surface area contributed by atoms with Crippen LogP contribution in [-0.4, -0.2) is 37.1 Å². The third-order valence-electron chi connectivity index (χ3n) is 5.26. The molecule has 27 heavy (non-hydrogen) atoms. The van der Waals surface area contributed by atoms with E-state index >= 15 is 0 Å². The molecule has 1 aromatic heterocycles. The van der Waals surface area contributed by atoms with Crippen LogP contribution in [0.3, 0.4) is 0 Å². The number of nitrogens with zero attached hydrogens (tertiary/aromatic N) is 2. The number of rotatable bonds is 5. The third-order valence-corrected chi connectivity index (χ3v) is 6.79. The van der Waals surface area contributed by atoms with Crippen LogP contribution < -0.4 is 0 Å². The highest BCUT2D eigenvalue weighted by Crippen LogP contribution is 2.40. The molecular weight excluding hydrogens is 380 g/mol. The van der Waals surface area contributed by atoms with E-state index in [0.717, 1.165) is 35.2 Å². The van der Waals surface area contributed by atoms with Gasteiger partial charge >= 0.3 is 0 Å². The van der Waals surface area contributed by atoms with Gasteiger partial charge in [-0.05, 0) is 61.1 Å². The molecule has 4 nitrogen and oxygen atoms in total. The summed E-state index contributed by atoms with van der Waals surface area (Å²) in [6, 6.07) is 11.9. The van der Waals surface area contributed by atoms with Crippen molar-refractivity contribution in [2.24, 2.45) is 5.92 Å². The summed E-state index contributed by atoms with van der Waals surface area (Å²) in [5, 5.41) is 0.684.